The zero-order chi connectivity index (χ0) is 38.7. The largest absolute Gasteiger partial charge is 0.496 e. The topological polar surface area (TPSA) is 139 Å². The average molecular weight is 778 g/mol. The van der Waals surface area contributed by atoms with E-state index in [1.807, 2.05) is 42.5 Å². The fraction of sp³-hybridized carbons (Fsp3) is 0.400. The Morgan fingerprint density at radius 1 is 0.909 bits per heavy atom. The average Bonchev–Trinajstić information content (AvgIpc) is 3.80. The third-order valence-corrected chi connectivity index (χ3v) is 10.8. The molecule has 7 rings (SSSR count). The third-order valence-electron chi connectivity index (χ3n) is 10.4. The number of rotatable bonds is 13. The molecule has 0 bridgehead atoms. The number of ether oxygens (including phenoxy) is 2. The zero-order valence-corrected chi connectivity index (χ0v) is 31.3. The summed E-state index contributed by atoms with van der Waals surface area (Å²) in [5, 5.41) is 15.8. The van der Waals surface area contributed by atoms with Crippen molar-refractivity contribution in [3.05, 3.63) is 87.6 Å². The molecule has 2 aromatic carbocycles. The normalized spacial score (nSPS) is 19.5. The lowest BCUT2D eigenvalue weighted by Crippen LogP contribution is -2.38. The highest BCUT2D eigenvalue weighted by molar-refractivity contribution is 6.35. The molecule has 1 aliphatic carbocycles. The van der Waals surface area contributed by atoms with Crippen molar-refractivity contribution < 1.29 is 32.2 Å². The number of nitrogens with one attached hydrogen (secondary N) is 5. The minimum absolute atomic E-state index is 0.0330. The molecule has 11 nitrogen and oxygen atoms in total. The maximum Gasteiger partial charge on any atom is 0.419 e. The van der Waals surface area contributed by atoms with Gasteiger partial charge in [0.05, 0.1) is 42.7 Å². The van der Waals surface area contributed by atoms with Crippen LogP contribution in [0.3, 0.4) is 0 Å². The Labute approximate surface area is 322 Å². The van der Waals surface area contributed by atoms with Gasteiger partial charge in [-0.15, -0.1) is 0 Å². The third kappa shape index (κ3) is 8.51. The molecule has 55 heavy (non-hydrogen) atoms. The number of hydrogen-bond donors (Lipinski definition) is 5. The van der Waals surface area contributed by atoms with Crippen LogP contribution < -0.4 is 36.1 Å². The van der Waals surface area contributed by atoms with E-state index in [1.165, 1.54) is 7.11 Å². The smallest absolute Gasteiger partial charge is 0.419 e. The summed E-state index contributed by atoms with van der Waals surface area (Å²) in [6.07, 6.45) is 0.967. The van der Waals surface area contributed by atoms with Gasteiger partial charge in [-0.3, -0.25) is 19.9 Å². The molecule has 4 aromatic rings. The number of halogens is 4. The van der Waals surface area contributed by atoms with Crippen LogP contribution in [-0.4, -0.2) is 54.8 Å². The van der Waals surface area contributed by atoms with Crippen molar-refractivity contribution in [2.75, 3.05) is 26.1 Å². The molecule has 3 atom stereocenters. The van der Waals surface area contributed by atoms with Gasteiger partial charge in [0.1, 0.15) is 11.6 Å². The molecular weight excluding hydrogens is 735 g/mol. The highest BCUT2D eigenvalue weighted by Gasteiger charge is 2.37. The molecular formula is C40H43ClF3N7O4. The van der Waals surface area contributed by atoms with Crippen molar-refractivity contribution in [1.29, 1.82) is 0 Å². The lowest BCUT2D eigenvalue weighted by atomic mass is 9.83. The van der Waals surface area contributed by atoms with Crippen molar-refractivity contribution in [2.45, 2.75) is 82.5 Å². The Balaban J connectivity index is 1.14. The van der Waals surface area contributed by atoms with Crippen LogP contribution >= 0.6 is 11.6 Å². The highest BCUT2D eigenvalue weighted by atomic mass is 35.5. The molecule has 2 saturated heterocycles. The molecule has 2 fully saturated rings. The number of amides is 2. The summed E-state index contributed by atoms with van der Waals surface area (Å²) in [5.74, 6) is 0.394. The first-order valence-corrected chi connectivity index (χ1v) is 18.8. The summed E-state index contributed by atoms with van der Waals surface area (Å²) in [5.41, 5.74) is 5.12. The van der Waals surface area contributed by atoms with Crippen molar-refractivity contribution in [2.24, 2.45) is 0 Å². The first kappa shape index (κ1) is 38.4. The molecule has 2 amide bonds. The Morgan fingerprint density at radius 2 is 1.73 bits per heavy atom. The maximum absolute atomic E-state index is 14.6. The first-order chi connectivity index (χ1) is 26.5. The van der Waals surface area contributed by atoms with E-state index in [-0.39, 0.29) is 47.8 Å². The van der Waals surface area contributed by atoms with Crippen molar-refractivity contribution in [3.63, 3.8) is 0 Å². The number of anilines is 1. The number of carbonyl (C=O) groups excluding carboxylic acids is 2. The van der Waals surface area contributed by atoms with E-state index < -0.39 is 17.8 Å². The number of fused-ring (bicyclic) bond motifs is 1. The van der Waals surface area contributed by atoms with Gasteiger partial charge < -0.3 is 30.7 Å². The van der Waals surface area contributed by atoms with Gasteiger partial charge in [0.2, 0.25) is 17.7 Å². The van der Waals surface area contributed by atoms with Crippen LogP contribution in [0, 0.1) is 0 Å². The molecule has 0 saturated carbocycles. The van der Waals surface area contributed by atoms with E-state index in [0.717, 1.165) is 52.3 Å². The van der Waals surface area contributed by atoms with E-state index in [9.17, 15) is 22.8 Å². The summed E-state index contributed by atoms with van der Waals surface area (Å²) in [4.78, 5) is 32.1. The van der Waals surface area contributed by atoms with Gasteiger partial charge in [0, 0.05) is 67.0 Å². The number of aromatic nitrogens is 2. The Bertz CT molecular complexity index is 2080. The van der Waals surface area contributed by atoms with Crippen LogP contribution in [0.2, 0.25) is 5.02 Å². The number of benzene rings is 2. The van der Waals surface area contributed by atoms with Crippen LogP contribution in [0.1, 0.15) is 72.4 Å². The number of pyridine rings is 2. The highest BCUT2D eigenvalue weighted by Crippen LogP contribution is 2.44. The van der Waals surface area contributed by atoms with Gasteiger partial charge in [-0.25, -0.2) is 0 Å². The van der Waals surface area contributed by atoms with Gasteiger partial charge in [-0.05, 0) is 67.0 Å². The van der Waals surface area contributed by atoms with Gasteiger partial charge in [0.15, 0.2) is 0 Å². The monoisotopic (exact) mass is 777 g/mol. The molecule has 2 aromatic heterocycles. The summed E-state index contributed by atoms with van der Waals surface area (Å²) in [7, 11) is 2.98. The molecule has 0 spiro atoms. The van der Waals surface area contributed by atoms with Gasteiger partial charge in [0.25, 0.3) is 0 Å². The number of carbonyl (C=O) groups is 2. The van der Waals surface area contributed by atoms with Gasteiger partial charge in [-0.2, -0.15) is 18.2 Å². The second kappa shape index (κ2) is 16.4. The van der Waals surface area contributed by atoms with Gasteiger partial charge in [-0.1, -0.05) is 41.9 Å². The second-order valence-corrected chi connectivity index (χ2v) is 14.4. The number of alkyl halides is 3. The molecule has 3 aliphatic rings. The number of hydrogen-bond acceptors (Lipinski definition) is 9. The van der Waals surface area contributed by atoms with E-state index >= 15 is 0 Å². The van der Waals surface area contributed by atoms with E-state index in [0.29, 0.717) is 61.7 Å². The first-order valence-electron chi connectivity index (χ1n) is 18.4. The summed E-state index contributed by atoms with van der Waals surface area (Å²) in [6.45, 7) is 1.24. The second-order valence-electron chi connectivity index (χ2n) is 14.0. The lowest BCUT2D eigenvalue weighted by Gasteiger charge is -2.30. The summed E-state index contributed by atoms with van der Waals surface area (Å²) < 4.78 is 54.9. The molecule has 290 valence electrons. The zero-order valence-electron chi connectivity index (χ0n) is 30.5. The Kier molecular flexibility index (Phi) is 11.5. The number of nitrogens with zero attached hydrogens (tertiary/aromatic N) is 2. The van der Waals surface area contributed by atoms with Crippen molar-refractivity contribution in [1.82, 2.24) is 31.2 Å². The molecule has 5 N–H and O–H groups in total. The fourth-order valence-electron chi connectivity index (χ4n) is 7.69. The predicted molar refractivity (Wildman–Crippen MR) is 203 cm³/mol. The molecule has 0 radical (unpaired) electrons. The van der Waals surface area contributed by atoms with Crippen LogP contribution in [0.4, 0.5) is 19.0 Å². The van der Waals surface area contributed by atoms with Crippen LogP contribution in [-0.2, 0) is 35.3 Å². The van der Waals surface area contributed by atoms with Crippen molar-refractivity contribution >= 4 is 29.2 Å². The molecule has 4 heterocycles. The lowest BCUT2D eigenvalue weighted by molar-refractivity contribution is -0.137. The van der Waals surface area contributed by atoms with Crippen LogP contribution in [0.5, 0.6) is 11.6 Å². The molecule has 15 heteroatoms. The predicted octanol–water partition coefficient (Wildman–Crippen LogP) is 6.68. The standard InChI is InChI=1S/C40H43ClF3N7O4/c1-54-32-18-22(9-10-23(32)19-45-21-25-11-13-34(52)48-25)37-36(41)29(15-16-46-37)27-5-3-7-28-26(27)6-4-8-31(28)49-38-30(40(42,43)44)17-24(39(51-38)55-2)20-47-33-12-14-35(53)50-33/h3,5,7,9-10,15-18,25,31,33,45,47H,4,6,8,11-14,19-21H2,1-2H3,(H,48,52)(H,49,51)(H,50,53)/t25-,31-,33-/m1/s1. The van der Waals surface area contributed by atoms with E-state index in [2.05, 4.69) is 36.6 Å². The van der Waals surface area contributed by atoms with E-state index in [1.54, 1.807) is 13.3 Å². The minimum Gasteiger partial charge on any atom is -0.496 e. The number of methoxy groups -OCH3 is 2. The van der Waals surface area contributed by atoms with Gasteiger partial charge >= 0.3 is 6.18 Å². The summed E-state index contributed by atoms with van der Waals surface area (Å²) >= 11 is 7.14. The molecule has 0 unspecified atom stereocenters. The van der Waals surface area contributed by atoms with E-state index in [4.69, 9.17) is 21.1 Å². The Morgan fingerprint density at radius 3 is 2.45 bits per heavy atom. The van der Waals surface area contributed by atoms with Crippen LogP contribution in [0.25, 0.3) is 22.4 Å². The quantitative estimate of drug-likeness (QED) is 0.101. The minimum atomic E-state index is -4.69. The van der Waals surface area contributed by atoms with Crippen molar-refractivity contribution in [3.8, 4) is 34.0 Å². The summed E-state index contributed by atoms with van der Waals surface area (Å²) in [6, 6.07) is 14.2. The van der Waals surface area contributed by atoms with Crippen LogP contribution in [0.15, 0.2) is 54.7 Å². The molecule has 2 aliphatic heterocycles. The Hall–Kier alpha value is -4.92. The SMILES string of the molecule is COc1cc(-c2nccc(-c3cccc4c3CCC[C@H]4Nc3nc(OC)c(CN[C@H]4CCC(=O)N4)cc3C(F)(F)F)c2Cl)ccc1CNC[C@H]1CCC(=O)N1. The maximum atomic E-state index is 14.6. The fourth-order valence-corrected chi connectivity index (χ4v) is 8.01.